The summed E-state index contributed by atoms with van der Waals surface area (Å²) in [5, 5.41) is 3.24. The highest BCUT2D eigenvalue weighted by Crippen LogP contribution is 2.28. The number of aromatic nitrogens is 1. The van der Waals surface area contributed by atoms with E-state index in [0.29, 0.717) is 6.61 Å². The first-order valence-electron chi connectivity index (χ1n) is 6.71. The molecular formula is C15H19BrN2OS. The number of nitrogens with two attached hydrogens (primary N) is 1. The molecule has 0 bridgehead atoms. The van der Waals surface area contributed by atoms with Crippen molar-refractivity contribution in [3.63, 3.8) is 0 Å². The molecule has 0 radical (unpaired) electrons. The zero-order valence-electron chi connectivity index (χ0n) is 11.7. The SMILES string of the molecule is CCCc1nc(COc2cc(Br)ccc2C(C)N)cs1. The largest absolute Gasteiger partial charge is 0.487 e. The molecular weight excluding hydrogens is 336 g/mol. The first-order chi connectivity index (χ1) is 9.60. The molecule has 0 saturated heterocycles. The molecule has 0 aliphatic carbocycles. The van der Waals surface area contributed by atoms with Gasteiger partial charge in [0.15, 0.2) is 0 Å². The fourth-order valence-corrected chi connectivity index (χ4v) is 3.13. The number of rotatable bonds is 6. The average Bonchev–Trinajstić information content (AvgIpc) is 2.84. The van der Waals surface area contributed by atoms with Crippen molar-refractivity contribution in [1.29, 1.82) is 0 Å². The van der Waals surface area contributed by atoms with Gasteiger partial charge in [-0.25, -0.2) is 4.98 Å². The van der Waals surface area contributed by atoms with Crippen LogP contribution in [0.1, 0.15) is 42.6 Å². The van der Waals surface area contributed by atoms with E-state index in [1.807, 2.05) is 25.1 Å². The van der Waals surface area contributed by atoms with Gasteiger partial charge >= 0.3 is 0 Å². The van der Waals surface area contributed by atoms with Crippen LogP contribution in [0.15, 0.2) is 28.1 Å². The normalized spacial score (nSPS) is 12.4. The van der Waals surface area contributed by atoms with Crippen molar-refractivity contribution in [3.05, 3.63) is 44.3 Å². The Kier molecular flexibility index (Phi) is 5.57. The van der Waals surface area contributed by atoms with Crippen molar-refractivity contribution in [2.24, 2.45) is 5.73 Å². The monoisotopic (exact) mass is 354 g/mol. The molecule has 1 heterocycles. The first kappa shape index (κ1) is 15.5. The van der Waals surface area contributed by atoms with E-state index in [2.05, 4.69) is 33.2 Å². The van der Waals surface area contributed by atoms with E-state index in [4.69, 9.17) is 10.5 Å². The van der Waals surface area contributed by atoms with Crippen LogP contribution in [-0.4, -0.2) is 4.98 Å². The van der Waals surface area contributed by atoms with Gasteiger partial charge in [-0.05, 0) is 31.9 Å². The number of ether oxygens (including phenoxy) is 1. The van der Waals surface area contributed by atoms with Gasteiger partial charge in [-0.2, -0.15) is 0 Å². The lowest BCUT2D eigenvalue weighted by atomic mass is 10.1. The smallest absolute Gasteiger partial charge is 0.131 e. The van der Waals surface area contributed by atoms with Crippen LogP contribution in [0.5, 0.6) is 5.75 Å². The van der Waals surface area contributed by atoms with Crippen LogP contribution in [0.3, 0.4) is 0 Å². The molecule has 0 aliphatic heterocycles. The minimum Gasteiger partial charge on any atom is -0.487 e. The van der Waals surface area contributed by atoms with E-state index in [-0.39, 0.29) is 6.04 Å². The first-order valence-corrected chi connectivity index (χ1v) is 8.38. The Morgan fingerprint density at radius 1 is 1.45 bits per heavy atom. The Morgan fingerprint density at radius 2 is 2.25 bits per heavy atom. The molecule has 2 N–H and O–H groups in total. The number of aryl methyl sites for hydroxylation is 1. The van der Waals surface area contributed by atoms with Gasteiger partial charge in [0.05, 0.1) is 10.7 Å². The Morgan fingerprint density at radius 3 is 2.95 bits per heavy atom. The fourth-order valence-electron chi connectivity index (χ4n) is 1.90. The predicted octanol–water partition coefficient (Wildman–Crippen LogP) is 4.46. The second-order valence-corrected chi connectivity index (χ2v) is 6.60. The molecule has 1 atom stereocenters. The standard InChI is InChI=1S/C15H19BrN2OS/c1-3-4-15-18-12(9-20-15)8-19-14-7-11(16)5-6-13(14)10(2)17/h5-7,9-10H,3-4,8,17H2,1-2H3. The van der Waals surface area contributed by atoms with Gasteiger partial charge < -0.3 is 10.5 Å². The number of thiazole rings is 1. The third kappa shape index (κ3) is 4.04. The lowest BCUT2D eigenvalue weighted by molar-refractivity contribution is 0.297. The molecule has 0 aliphatic rings. The summed E-state index contributed by atoms with van der Waals surface area (Å²) in [4.78, 5) is 4.56. The van der Waals surface area contributed by atoms with Crippen molar-refractivity contribution in [1.82, 2.24) is 4.98 Å². The molecule has 0 amide bonds. The van der Waals surface area contributed by atoms with Crippen LogP contribution in [0.2, 0.25) is 0 Å². The van der Waals surface area contributed by atoms with Crippen LogP contribution in [0.25, 0.3) is 0 Å². The highest BCUT2D eigenvalue weighted by Gasteiger charge is 2.10. The van der Waals surface area contributed by atoms with Gasteiger partial charge in [0.1, 0.15) is 12.4 Å². The number of nitrogens with zero attached hydrogens (tertiary/aromatic N) is 1. The molecule has 0 fully saturated rings. The van der Waals surface area contributed by atoms with Crippen LogP contribution in [0.4, 0.5) is 0 Å². The van der Waals surface area contributed by atoms with Crippen LogP contribution in [-0.2, 0) is 13.0 Å². The second-order valence-electron chi connectivity index (χ2n) is 4.74. The summed E-state index contributed by atoms with van der Waals surface area (Å²) in [6.07, 6.45) is 2.15. The van der Waals surface area contributed by atoms with E-state index in [0.717, 1.165) is 34.3 Å². The lowest BCUT2D eigenvalue weighted by Gasteiger charge is -2.13. The molecule has 1 aromatic heterocycles. The van der Waals surface area contributed by atoms with Gasteiger partial charge in [-0.15, -0.1) is 11.3 Å². The highest BCUT2D eigenvalue weighted by molar-refractivity contribution is 9.10. The maximum atomic E-state index is 5.97. The molecule has 0 saturated carbocycles. The van der Waals surface area contributed by atoms with E-state index in [1.54, 1.807) is 11.3 Å². The number of hydrogen-bond donors (Lipinski definition) is 1. The Labute approximate surface area is 132 Å². The lowest BCUT2D eigenvalue weighted by Crippen LogP contribution is -2.08. The minimum absolute atomic E-state index is 0.0517. The Hall–Kier alpha value is -0.910. The van der Waals surface area contributed by atoms with Crippen LogP contribution in [0, 0.1) is 0 Å². The number of halogens is 1. The summed E-state index contributed by atoms with van der Waals surface area (Å²) < 4.78 is 6.88. The summed E-state index contributed by atoms with van der Waals surface area (Å²) in [6, 6.07) is 5.88. The maximum absolute atomic E-state index is 5.97. The maximum Gasteiger partial charge on any atom is 0.131 e. The molecule has 20 heavy (non-hydrogen) atoms. The topological polar surface area (TPSA) is 48.1 Å². The molecule has 5 heteroatoms. The summed E-state index contributed by atoms with van der Waals surface area (Å²) in [7, 11) is 0. The number of hydrogen-bond acceptors (Lipinski definition) is 4. The molecule has 3 nitrogen and oxygen atoms in total. The molecule has 1 unspecified atom stereocenters. The van der Waals surface area contributed by atoms with Crippen LogP contribution >= 0.6 is 27.3 Å². The van der Waals surface area contributed by atoms with Gasteiger partial charge in [0, 0.05) is 21.5 Å². The highest BCUT2D eigenvalue weighted by atomic mass is 79.9. The molecule has 1 aromatic carbocycles. The Balaban J connectivity index is 2.07. The van der Waals surface area contributed by atoms with E-state index < -0.39 is 0 Å². The predicted molar refractivity (Wildman–Crippen MR) is 87.2 cm³/mol. The van der Waals surface area contributed by atoms with Gasteiger partial charge in [-0.1, -0.05) is 28.9 Å². The molecule has 2 aromatic rings. The zero-order valence-corrected chi connectivity index (χ0v) is 14.1. The molecule has 2 rings (SSSR count). The van der Waals surface area contributed by atoms with Gasteiger partial charge in [0.25, 0.3) is 0 Å². The summed E-state index contributed by atoms with van der Waals surface area (Å²) in [5.74, 6) is 0.819. The summed E-state index contributed by atoms with van der Waals surface area (Å²) in [5.41, 5.74) is 7.96. The van der Waals surface area contributed by atoms with Crippen molar-refractivity contribution in [3.8, 4) is 5.75 Å². The van der Waals surface area contributed by atoms with Crippen LogP contribution < -0.4 is 10.5 Å². The zero-order chi connectivity index (χ0) is 14.5. The third-order valence-corrected chi connectivity index (χ3v) is 4.36. The van der Waals surface area contributed by atoms with Crippen molar-refractivity contribution < 1.29 is 4.74 Å². The van der Waals surface area contributed by atoms with E-state index in [9.17, 15) is 0 Å². The second kappa shape index (κ2) is 7.20. The Bertz CT molecular complexity index is 569. The van der Waals surface area contributed by atoms with Crippen molar-refractivity contribution in [2.75, 3.05) is 0 Å². The summed E-state index contributed by atoms with van der Waals surface area (Å²) in [6.45, 7) is 4.60. The van der Waals surface area contributed by atoms with E-state index >= 15 is 0 Å². The average molecular weight is 355 g/mol. The number of benzene rings is 1. The van der Waals surface area contributed by atoms with Crippen molar-refractivity contribution in [2.45, 2.75) is 39.3 Å². The third-order valence-electron chi connectivity index (χ3n) is 2.90. The summed E-state index contributed by atoms with van der Waals surface area (Å²) >= 11 is 5.16. The quantitative estimate of drug-likeness (QED) is 0.832. The molecule has 108 valence electrons. The van der Waals surface area contributed by atoms with E-state index in [1.165, 1.54) is 5.01 Å². The van der Waals surface area contributed by atoms with Crippen molar-refractivity contribution >= 4 is 27.3 Å². The van der Waals surface area contributed by atoms with Gasteiger partial charge in [0.2, 0.25) is 0 Å². The minimum atomic E-state index is -0.0517. The fraction of sp³-hybridized carbons (Fsp3) is 0.400. The van der Waals surface area contributed by atoms with Gasteiger partial charge in [-0.3, -0.25) is 0 Å². The molecule has 0 spiro atoms.